The first-order valence-corrected chi connectivity index (χ1v) is 7.87. The van der Waals surface area contributed by atoms with Crippen LogP contribution in [0.4, 0.5) is 17.1 Å². The van der Waals surface area contributed by atoms with E-state index in [4.69, 9.17) is 0 Å². The number of nitro groups is 3. The van der Waals surface area contributed by atoms with Crippen LogP contribution >= 0.6 is 0 Å². The lowest BCUT2D eigenvalue weighted by molar-refractivity contribution is -0.455. The summed E-state index contributed by atoms with van der Waals surface area (Å²) in [6.45, 7) is 1.06. The standard InChI is InChI=1S/C9H11N3.C6H3N3O7/c1-2-6-10-8(4-1)9-5-3-7-11-12-9;10-6-4(8(13)14)1-3(7(11)12)2-5(6)9(15)16/h3-5,7,10H,1-2,6H2;1-2,10H. The van der Waals surface area contributed by atoms with Crippen molar-refractivity contribution >= 4 is 22.8 Å². The molecule has 0 aliphatic carbocycles. The van der Waals surface area contributed by atoms with Crippen LogP contribution in [0, 0.1) is 30.3 Å². The first-order valence-electron chi connectivity index (χ1n) is 7.87. The van der Waals surface area contributed by atoms with E-state index in [0.717, 1.165) is 24.4 Å². The molecule has 0 spiro atoms. The first-order chi connectivity index (χ1) is 13.3. The number of aromatic nitrogens is 2. The molecule has 1 aliphatic heterocycles. The number of nitro benzene ring substituents is 3. The van der Waals surface area contributed by atoms with E-state index in [-0.39, 0.29) is 0 Å². The number of H-pyrrole nitrogens is 1. The molecule has 1 aliphatic rings. The Morgan fingerprint density at radius 2 is 1.68 bits per heavy atom. The lowest BCUT2D eigenvalue weighted by Crippen LogP contribution is -2.20. The van der Waals surface area contributed by atoms with Crippen molar-refractivity contribution < 1.29 is 25.0 Å². The van der Waals surface area contributed by atoms with Crippen molar-refractivity contribution in [2.75, 3.05) is 6.54 Å². The monoisotopic (exact) mass is 390 g/mol. The minimum atomic E-state index is -1.46. The van der Waals surface area contributed by atoms with E-state index in [9.17, 15) is 35.4 Å². The third kappa shape index (κ3) is 4.94. The summed E-state index contributed by atoms with van der Waals surface area (Å²) < 4.78 is 0. The molecule has 1 aromatic heterocycles. The van der Waals surface area contributed by atoms with E-state index in [0.29, 0.717) is 12.1 Å². The molecule has 0 amide bonds. The third-order valence-electron chi connectivity index (χ3n) is 3.57. The van der Waals surface area contributed by atoms with Gasteiger partial charge >= 0.3 is 0 Å². The molecule has 146 valence electrons. The fourth-order valence-corrected chi connectivity index (χ4v) is 2.28. The Morgan fingerprint density at radius 1 is 1.04 bits per heavy atom. The molecule has 2 heterocycles. The predicted molar refractivity (Wildman–Crippen MR) is 91.9 cm³/mol. The Bertz CT molecular complexity index is 897. The smallest absolute Gasteiger partial charge is 0.283 e. The molecular weight excluding hydrogens is 376 g/mol. The van der Waals surface area contributed by atoms with Gasteiger partial charge in [0.2, 0.25) is 0 Å². The summed E-state index contributed by atoms with van der Waals surface area (Å²) in [5.41, 5.74) is -1.12. The van der Waals surface area contributed by atoms with Crippen LogP contribution in [0.2, 0.25) is 0 Å². The van der Waals surface area contributed by atoms with Crippen molar-refractivity contribution in [1.29, 1.82) is 0 Å². The van der Waals surface area contributed by atoms with Gasteiger partial charge in [-0.1, -0.05) is 6.08 Å². The summed E-state index contributed by atoms with van der Waals surface area (Å²) in [7, 11) is 0. The van der Waals surface area contributed by atoms with Gasteiger partial charge in [0.15, 0.2) is 11.9 Å². The zero-order valence-electron chi connectivity index (χ0n) is 14.2. The van der Waals surface area contributed by atoms with Gasteiger partial charge in [-0.25, -0.2) is 0 Å². The lowest BCUT2D eigenvalue weighted by Gasteiger charge is -2.12. The van der Waals surface area contributed by atoms with E-state index >= 15 is 0 Å². The minimum Gasteiger partial charge on any atom is -0.863 e. The largest absolute Gasteiger partial charge is 0.863 e. The normalized spacial score (nSPS) is 12.6. The maximum Gasteiger partial charge on any atom is 0.283 e. The van der Waals surface area contributed by atoms with Gasteiger partial charge in [0.25, 0.3) is 17.1 Å². The molecule has 0 fully saturated rings. The van der Waals surface area contributed by atoms with E-state index < -0.39 is 37.6 Å². The average molecular weight is 390 g/mol. The van der Waals surface area contributed by atoms with Crippen molar-refractivity contribution in [3.8, 4) is 5.75 Å². The van der Waals surface area contributed by atoms with Crippen LogP contribution in [-0.2, 0) is 0 Å². The Kier molecular flexibility index (Phi) is 6.46. The van der Waals surface area contributed by atoms with Gasteiger partial charge in [0.05, 0.1) is 38.3 Å². The van der Waals surface area contributed by atoms with Crippen LogP contribution in [0.1, 0.15) is 18.5 Å². The third-order valence-corrected chi connectivity index (χ3v) is 3.57. The molecule has 0 saturated heterocycles. The van der Waals surface area contributed by atoms with E-state index in [1.807, 2.05) is 18.3 Å². The number of rotatable bonds is 4. The lowest BCUT2D eigenvalue weighted by atomic mass is 10.1. The number of hydrogen-bond donors (Lipinski definition) is 1. The molecule has 13 nitrogen and oxygen atoms in total. The molecule has 2 N–H and O–H groups in total. The first kappa shape index (κ1) is 20.2. The molecule has 2 aromatic rings. The van der Waals surface area contributed by atoms with Crippen LogP contribution in [0.15, 0.2) is 36.5 Å². The quantitative estimate of drug-likeness (QED) is 0.588. The summed E-state index contributed by atoms with van der Waals surface area (Å²) in [6, 6.07) is 4.73. The van der Waals surface area contributed by atoms with E-state index in [2.05, 4.69) is 21.6 Å². The molecular formula is C15H14N6O7. The van der Waals surface area contributed by atoms with Gasteiger partial charge in [-0.15, -0.1) is 5.10 Å². The highest BCUT2D eigenvalue weighted by Gasteiger charge is 2.24. The van der Waals surface area contributed by atoms with Gasteiger partial charge in [-0.2, -0.15) is 0 Å². The van der Waals surface area contributed by atoms with Crippen LogP contribution in [0.5, 0.6) is 5.75 Å². The van der Waals surface area contributed by atoms with E-state index in [1.165, 1.54) is 6.42 Å². The fraction of sp³-hybridized carbons (Fsp3) is 0.200. The van der Waals surface area contributed by atoms with Crippen molar-refractivity contribution in [2.24, 2.45) is 0 Å². The van der Waals surface area contributed by atoms with E-state index in [1.54, 1.807) is 0 Å². The SMILES string of the molecule is C1=C(c2ccc[nH+]n2)NCCC1.O=[N+]([O-])c1cc([N+](=O)[O-])c([O-])c([N+](=O)[O-])c1. The van der Waals surface area contributed by atoms with Gasteiger partial charge in [0.1, 0.15) is 0 Å². The summed E-state index contributed by atoms with van der Waals surface area (Å²) in [6.07, 6.45) is 6.38. The van der Waals surface area contributed by atoms with Crippen LogP contribution in [-0.4, -0.2) is 26.4 Å². The number of hydrogen-bond acceptors (Lipinski definition) is 9. The molecule has 0 bridgehead atoms. The van der Waals surface area contributed by atoms with Crippen LogP contribution in [0.3, 0.4) is 0 Å². The van der Waals surface area contributed by atoms with Crippen molar-refractivity contribution in [3.05, 3.63) is 72.6 Å². The minimum absolute atomic E-state index is 0.384. The summed E-state index contributed by atoms with van der Waals surface area (Å²) in [5, 5.41) is 52.4. The number of aromatic amines is 1. The van der Waals surface area contributed by atoms with Gasteiger partial charge in [-0.3, -0.25) is 30.3 Å². The number of non-ortho nitro benzene ring substituents is 1. The molecule has 3 rings (SSSR count). The van der Waals surface area contributed by atoms with Gasteiger partial charge in [0, 0.05) is 12.6 Å². The number of allylic oxidation sites excluding steroid dienone is 1. The average Bonchev–Trinajstić information content (AvgIpc) is 2.69. The summed E-state index contributed by atoms with van der Waals surface area (Å²) >= 11 is 0. The zero-order valence-corrected chi connectivity index (χ0v) is 14.2. The Morgan fingerprint density at radius 3 is 2.11 bits per heavy atom. The molecule has 0 unspecified atom stereocenters. The Labute approximate surface area is 156 Å². The predicted octanol–water partition coefficient (Wildman–Crippen LogP) is 1.10. The van der Waals surface area contributed by atoms with Gasteiger partial charge < -0.3 is 10.4 Å². The zero-order chi connectivity index (χ0) is 20.7. The van der Waals surface area contributed by atoms with Crippen molar-refractivity contribution in [1.82, 2.24) is 10.4 Å². The maximum absolute atomic E-state index is 11.1. The Balaban J connectivity index is 0.000000207. The number of nitrogens with one attached hydrogen (secondary N) is 2. The highest BCUT2D eigenvalue weighted by molar-refractivity contribution is 5.64. The second-order valence-electron chi connectivity index (χ2n) is 5.42. The van der Waals surface area contributed by atoms with Crippen LogP contribution in [0.25, 0.3) is 5.70 Å². The molecule has 0 atom stereocenters. The van der Waals surface area contributed by atoms with Crippen molar-refractivity contribution in [3.63, 3.8) is 0 Å². The molecule has 13 heteroatoms. The molecule has 28 heavy (non-hydrogen) atoms. The fourth-order valence-electron chi connectivity index (χ4n) is 2.28. The summed E-state index contributed by atoms with van der Waals surface area (Å²) in [5.74, 6) is -1.46. The second-order valence-corrected chi connectivity index (χ2v) is 5.42. The topological polar surface area (TPSA) is 192 Å². The van der Waals surface area contributed by atoms with Gasteiger partial charge in [-0.05, 0) is 24.0 Å². The highest BCUT2D eigenvalue weighted by Crippen LogP contribution is 2.36. The van der Waals surface area contributed by atoms with Crippen LogP contribution < -0.4 is 15.5 Å². The Hall–Kier alpha value is -4.16. The number of benzene rings is 1. The molecule has 0 saturated carbocycles. The number of nitrogens with zero attached hydrogens (tertiary/aromatic N) is 4. The molecule has 0 radical (unpaired) electrons. The second kappa shape index (κ2) is 8.98. The highest BCUT2D eigenvalue weighted by atomic mass is 16.6. The maximum atomic E-state index is 11.1. The van der Waals surface area contributed by atoms with Crippen molar-refractivity contribution in [2.45, 2.75) is 12.8 Å². The molecule has 1 aromatic carbocycles. The summed E-state index contributed by atoms with van der Waals surface area (Å²) in [4.78, 5) is 27.5.